The Labute approximate surface area is 138 Å². The van der Waals surface area contributed by atoms with Gasteiger partial charge in [0, 0.05) is 9.99 Å². The van der Waals surface area contributed by atoms with E-state index in [0.29, 0.717) is 6.42 Å². The van der Waals surface area contributed by atoms with Gasteiger partial charge in [0.1, 0.15) is 0 Å². The number of hydrogen-bond donors (Lipinski definition) is 1. The van der Waals surface area contributed by atoms with E-state index >= 15 is 0 Å². The minimum absolute atomic E-state index is 0.0660. The molecule has 21 heavy (non-hydrogen) atoms. The number of carbonyl (C=O) groups excluding carboxylic acids is 1. The van der Waals surface area contributed by atoms with Crippen molar-refractivity contribution in [3.05, 3.63) is 69.3 Å². The molecular formula is C17H17IN2O. The maximum atomic E-state index is 11.8. The van der Waals surface area contributed by atoms with Gasteiger partial charge in [0.25, 0.3) is 0 Å². The Hall–Kier alpha value is -1.69. The van der Waals surface area contributed by atoms with Crippen molar-refractivity contribution in [3.8, 4) is 0 Å². The van der Waals surface area contributed by atoms with Gasteiger partial charge in [-0.05, 0) is 59.2 Å². The van der Waals surface area contributed by atoms with Crippen LogP contribution in [0.1, 0.15) is 24.5 Å². The molecule has 0 aliphatic heterocycles. The quantitative estimate of drug-likeness (QED) is 0.470. The molecule has 2 aromatic rings. The lowest BCUT2D eigenvalue weighted by molar-refractivity contribution is -0.121. The van der Waals surface area contributed by atoms with Gasteiger partial charge in [-0.25, -0.2) is 5.43 Å². The number of amides is 1. The average Bonchev–Trinajstić information content (AvgIpc) is 2.52. The Morgan fingerprint density at radius 1 is 1.10 bits per heavy atom. The van der Waals surface area contributed by atoms with Crippen LogP contribution in [0.5, 0.6) is 0 Å². The predicted molar refractivity (Wildman–Crippen MR) is 94.3 cm³/mol. The van der Waals surface area contributed by atoms with E-state index in [2.05, 4.69) is 33.1 Å². The number of benzene rings is 2. The summed E-state index contributed by atoms with van der Waals surface area (Å²) in [5, 5.41) is 4.15. The molecule has 0 spiro atoms. The van der Waals surface area contributed by atoms with E-state index in [0.717, 1.165) is 23.3 Å². The lowest BCUT2D eigenvalue weighted by atomic mass is 10.1. The van der Waals surface area contributed by atoms with Crippen molar-refractivity contribution >= 4 is 34.2 Å². The Kier molecular flexibility index (Phi) is 5.92. The number of hydrogen-bond acceptors (Lipinski definition) is 2. The van der Waals surface area contributed by atoms with Gasteiger partial charge in [-0.3, -0.25) is 4.79 Å². The zero-order valence-corrected chi connectivity index (χ0v) is 14.0. The fourth-order valence-electron chi connectivity index (χ4n) is 1.86. The van der Waals surface area contributed by atoms with Crippen molar-refractivity contribution in [3.63, 3.8) is 0 Å². The van der Waals surface area contributed by atoms with Crippen molar-refractivity contribution in [2.24, 2.45) is 5.10 Å². The summed E-state index contributed by atoms with van der Waals surface area (Å²) in [4.78, 5) is 11.8. The Morgan fingerprint density at radius 3 is 2.43 bits per heavy atom. The Balaban J connectivity index is 1.85. The van der Waals surface area contributed by atoms with Crippen LogP contribution in [0, 0.1) is 3.57 Å². The minimum atomic E-state index is -0.0660. The van der Waals surface area contributed by atoms with Crippen molar-refractivity contribution in [2.45, 2.75) is 19.8 Å². The molecule has 0 aliphatic rings. The largest absolute Gasteiger partial charge is 0.273 e. The first-order chi connectivity index (χ1) is 10.1. The number of halogens is 1. The van der Waals surface area contributed by atoms with Gasteiger partial charge in [-0.15, -0.1) is 0 Å². The topological polar surface area (TPSA) is 41.5 Å². The standard InChI is InChI=1S/C17H17IN2O/c1-13(15-8-10-16(18)11-9-15)19-20-17(21)12-7-14-5-3-2-4-6-14/h2-6,8-11H,7,12H2,1H3,(H,20,21)/b19-13-. The molecule has 0 aliphatic carbocycles. The molecule has 1 amide bonds. The number of aryl methyl sites for hydroxylation is 1. The first-order valence-electron chi connectivity index (χ1n) is 6.78. The van der Waals surface area contributed by atoms with E-state index in [-0.39, 0.29) is 5.91 Å². The molecule has 0 heterocycles. The SMILES string of the molecule is C/C(=N/NC(=O)CCc1ccccc1)c1ccc(I)cc1. The highest BCUT2D eigenvalue weighted by molar-refractivity contribution is 14.1. The van der Waals surface area contributed by atoms with Crippen molar-refractivity contribution in [1.82, 2.24) is 5.43 Å². The number of nitrogens with one attached hydrogen (secondary N) is 1. The third-order valence-corrected chi connectivity index (χ3v) is 3.81. The summed E-state index contributed by atoms with van der Waals surface area (Å²) >= 11 is 2.26. The number of rotatable bonds is 5. The van der Waals surface area contributed by atoms with Crippen LogP contribution >= 0.6 is 22.6 Å². The summed E-state index contributed by atoms with van der Waals surface area (Å²) < 4.78 is 1.18. The number of carbonyl (C=O) groups is 1. The van der Waals surface area contributed by atoms with Gasteiger partial charge in [0.2, 0.25) is 5.91 Å². The van der Waals surface area contributed by atoms with E-state index in [1.807, 2.05) is 61.5 Å². The van der Waals surface area contributed by atoms with Crippen molar-refractivity contribution in [1.29, 1.82) is 0 Å². The summed E-state index contributed by atoms with van der Waals surface area (Å²) in [5.74, 6) is -0.0660. The first kappa shape index (κ1) is 15.7. The maximum Gasteiger partial charge on any atom is 0.240 e. The van der Waals surface area contributed by atoms with Gasteiger partial charge in [0.05, 0.1) is 5.71 Å². The van der Waals surface area contributed by atoms with Gasteiger partial charge in [-0.2, -0.15) is 5.10 Å². The lowest BCUT2D eigenvalue weighted by Gasteiger charge is -2.03. The molecule has 108 valence electrons. The zero-order chi connectivity index (χ0) is 15.1. The van der Waals surface area contributed by atoms with E-state index in [4.69, 9.17) is 0 Å². The molecule has 3 nitrogen and oxygen atoms in total. The van der Waals surface area contributed by atoms with Crippen LogP contribution < -0.4 is 5.43 Å². The molecule has 4 heteroatoms. The van der Waals surface area contributed by atoms with Gasteiger partial charge in [-0.1, -0.05) is 42.5 Å². The second-order valence-corrected chi connectivity index (χ2v) is 5.97. The molecule has 0 fully saturated rings. The highest BCUT2D eigenvalue weighted by Crippen LogP contribution is 2.07. The van der Waals surface area contributed by atoms with Crippen LogP contribution in [0.3, 0.4) is 0 Å². The summed E-state index contributed by atoms with van der Waals surface area (Å²) in [7, 11) is 0. The summed E-state index contributed by atoms with van der Waals surface area (Å²) in [6.45, 7) is 1.89. The second-order valence-electron chi connectivity index (χ2n) is 4.72. The average molecular weight is 392 g/mol. The molecule has 1 N–H and O–H groups in total. The highest BCUT2D eigenvalue weighted by atomic mass is 127. The zero-order valence-electron chi connectivity index (χ0n) is 11.8. The Bertz CT molecular complexity index is 621. The predicted octanol–water partition coefficient (Wildman–Crippen LogP) is 3.76. The lowest BCUT2D eigenvalue weighted by Crippen LogP contribution is -2.19. The highest BCUT2D eigenvalue weighted by Gasteiger charge is 2.02. The first-order valence-corrected chi connectivity index (χ1v) is 7.86. The summed E-state index contributed by atoms with van der Waals surface area (Å²) in [5.41, 5.74) is 5.59. The van der Waals surface area contributed by atoms with Crippen LogP contribution in [0.15, 0.2) is 59.7 Å². The Morgan fingerprint density at radius 2 is 1.76 bits per heavy atom. The molecule has 0 radical (unpaired) electrons. The minimum Gasteiger partial charge on any atom is -0.273 e. The second kappa shape index (κ2) is 7.93. The molecule has 0 atom stereocenters. The fourth-order valence-corrected chi connectivity index (χ4v) is 2.22. The molecular weight excluding hydrogens is 375 g/mol. The van der Waals surface area contributed by atoms with E-state index in [1.165, 1.54) is 3.57 Å². The van der Waals surface area contributed by atoms with Crippen LogP contribution in [0.4, 0.5) is 0 Å². The smallest absolute Gasteiger partial charge is 0.240 e. The van der Waals surface area contributed by atoms with Crippen LogP contribution in [-0.2, 0) is 11.2 Å². The fraction of sp³-hybridized carbons (Fsp3) is 0.176. The summed E-state index contributed by atoms with van der Waals surface area (Å²) in [6, 6.07) is 18.0. The van der Waals surface area contributed by atoms with Crippen LogP contribution in [-0.4, -0.2) is 11.6 Å². The van der Waals surface area contributed by atoms with Crippen molar-refractivity contribution < 1.29 is 4.79 Å². The van der Waals surface area contributed by atoms with Gasteiger partial charge < -0.3 is 0 Å². The van der Waals surface area contributed by atoms with E-state index in [1.54, 1.807) is 0 Å². The molecule has 2 rings (SSSR count). The van der Waals surface area contributed by atoms with E-state index in [9.17, 15) is 4.79 Å². The van der Waals surface area contributed by atoms with Crippen molar-refractivity contribution in [2.75, 3.05) is 0 Å². The van der Waals surface area contributed by atoms with Crippen LogP contribution in [0.2, 0.25) is 0 Å². The van der Waals surface area contributed by atoms with Crippen LogP contribution in [0.25, 0.3) is 0 Å². The number of hydrazone groups is 1. The molecule has 2 aromatic carbocycles. The summed E-state index contributed by atoms with van der Waals surface area (Å²) in [6.07, 6.45) is 1.16. The third-order valence-electron chi connectivity index (χ3n) is 3.09. The molecule has 0 unspecified atom stereocenters. The molecule has 0 aromatic heterocycles. The molecule has 0 bridgehead atoms. The number of nitrogens with zero attached hydrogens (tertiary/aromatic N) is 1. The van der Waals surface area contributed by atoms with Gasteiger partial charge in [0.15, 0.2) is 0 Å². The maximum absolute atomic E-state index is 11.8. The van der Waals surface area contributed by atoms with Gasteiger partial charge >= 0.3 is 0 Å². The molecule has 0 saturated heterocycles. The normalized spacial score (nSPS) is 11.2. The van der Waals surface area contributed by atoms with E-state index < -0.39 is 0 Å². The third kappa shape index (κ3) is 5.30. The monoisotopic (exact) mass is 392 g/mol. The molecule has 0 saturated carbocycles.